The van der Waals surface area contributed by atoms with Crippen LogP contribution in [0.2, 0.25) is 0 Å². The van der Waals surface area contributed by atoms with E-state index in [0.29, 0.717) is 5.46 Å². The maximum absolute atomic E-state index is 9.26. The van der Waals surface area contributed by atoms with Gasteiger partial charge in [0, 0.05) is 47.5 Å². The van der Waals surface area contributed by atoms with Crippen molar-refractivity contribution in [2.45, 2.75) is 0 Å². The lowest BCUT2D eigenvalue weighted by atomic mass is 9.79. The van der Waals surface area contributed by atoms with Crippen LogP contribution in [0.15, 0.2) is 273 Å². The second-order valence-corrected chi connectivity index (χ2v) is 27.9. The fourth-order valence-electron chi connectivity index (χ4n) is 11.8. The van der Waals surface area contributed by atoms with Crippen molar-refractivity contribution >= 4 is 195 Å². The lowest BCUT2D eigenvalue weighted by molar-refractivity contribution is 0.426. The Morgan fingerprint density at radius 1 is 0.247 bits per heavy atom. The smallest absolute Gasteiger partial charge is 0.423 e. The Bertz CT molecular complexity index is 5130. The standard InChI is InChI=1S/C46H28S2.C16H13BO2.C14H6I2S2/c1-3-17-37-29(9-1)11-7-19-39(37)35-15-5-13-31(25-35)33-21-23-41-43(27-33)47-46-42-24-22-34(28-44(42)48-45(41)46)32-14-6-16-36(26-32)40-20-8-12-30-10-2-4-18-38(30)40;18-17(19)14-8-3-7-13(11-14)16-10-4-6-12-5-1-2-9-15(12)16;15-7-1-3-9-11(5-7)17-14-10-4-2-8(16)6-12(10)18-13(9)14/h1-28H;1-11,18-19H;1-6H. The summed E-state index contributed by atoms with van der Waals surface area (Å²) in [6.45, 7) is 0. The van der Waals surface area contributed by atoms with Crippen LogP contribution in [0.1, 0.15) is 0 Å². The van der Waals surface area contributed by atoms with Crippen molar-refractivity contribution in [3.8, 4) is 55.6 Å². The third kappa shape index (κ3) is 10.4. The molecule has 0 aliphatic carbocycles. The van der Waals surface area contributed by atoms with Gasteiger partial charge >= 0.3 is 7.12 Å². The number of thiophene rings is 4. The van der Waals surface area contributed by atoms with Crippen LogP contribution in [0, 0.1) is 7.14 Å². The van der Waals surface area contributed by atoms with E-state index in [9.17, 15) is 10.0 Å². The highest BCUT2D eigenvalue weighted by molar-refractivity contribution is 14.1. The molecule has 0 fully saturated rings. The topological polar surface area (TPSA) is 40.5 Å². The molecule has 0 aliphatic rings. The molecule has 85 heavy (non-hydrogen) atoms. The largest absolute Gasteiger partial charge is 0.488 e. The van der Waals surface area contributed by atoms with Gasteiger partial charge in [-0.25, -0.2) is 0 Å². The van der Waals surface area contributed by atoms with Crippen molar-refractivity contribution in [3.63, 3.8) is 0 Å². The molecule has 4 heterocycles. The maximum atomic E-state index is 9.26. The molecule has 2 nitrogen and oxygen atoms in total. The van der Waals surface area contributed by atoms with E-state index in [0.717, 1.165) is 16.5 Å². The average Bonchev–Trinajstić information content (AvgIpc) is 2.08. The van der Waals surface area contributed by atoms with Crippen LogP contribution in [0.5, 0.6) is 0 Å². The number of fused-ring (bicyclic) bond motifs is 13. The lowest BCUT2D eigenvalue weighted by Gasteiger charge is -2.09. The molecule has 9 heteroatoms. The van der Waals surface area contributed by atoms with Gasteiger partial charge in [-0.15, -0.1) is 45.3 Å². The minimum absolute atomic E-state index is 0.505. The minimum atomic E-state index is -1.44. The van der Waals surface area contributed by atoms with Crippen LogP contribution in [0.4, 0.5) is 0 Å². The van der Waals surface area contributed by atoms with Gasteiger partial charge < -0.3 is 10.0 Å². The van der Waals surface area contributed by atoms with Crippen molar-refractivity contribution in [1.29, 1.82) is 0 Å². The zero-order valence-corrected chi connectivity index (χ0v) is 52.9. The summed E-state index contributed by atoms with van der Waals surface area (Å²) in [6.07, 6.45) is 0. The molecule has 0 unspecified atom stereocenters. The van der Waals surface area contributed by atoms with Gasteiger partial charge in [-0.05, 0) is 187 Å². The van der Waals surface area contributed by atoms with Crippen LogP contribution in [-0.4, -0.2) is 17.2 Å². The third-order valence-corrected chi connectivity index (χ3v) is 22.3. The Morgan fingerprint density at radius 2 is 0.553 bits per heavy atom. The minimum Gasteiger partial charge on any atom is -0.423 e. The summed E-state index contributed by atoms with van der Waals surface area (Å²) in [7, 11) is -1.44. The molecule has 0 bridgehead atoms. The highest BCUT2D eigenvalue weighted by atomic mass is 127. The van der Waals surface area contributed by atoms with Crippen molar-refractivity contribution in [1.82, 2.24) is 0 Å². The van der Waals surface area contributed by atoms with E-state index in [1.807, 2.05) is 87.8 Å². The fourth-order valence-corrected chi connectivity index (χ4v) is 18.7. The number of halogens is 2. The third-order valence-electron chi connectivity index (χ3n) is 16.0. The fraction of sp³-hybridized carbons (Fsp3) is 0. The number of benzene rings is 13. The molecule has 2 N–H and O–H groups in total. The van der Waals surface area contributed by atoms with E-state index >= 15 is 0 Å². The summed E-state index contributed by atoms with van der Waals surface area (Å²) >= 11 is 12.5. The van der Waals surface area contributed by atoms with Gasteiger partial charge in [-0.3, -0.25) is 0 Å². The second-order valence-electron chi connectivity index (χ2n) is 21.2. The Hall–Kier alpha value is -7.56. The van der Waals surface area contributed by atoms with Gasteiger partial charge in [0.1, 0.15) is 0 Å². The van der Waals surface area contributed by atoms with Crippen LogP contribution in [0.25, 0.3) is 147 Å². The molecular formula is C76H47BI2O2S4. The maximum Gasteiger partial charge on any atom is 0.488 e. The van der Waals surface area contributed by atoms with E-state index < -0.39 is 7.12 Å². The quantitative estimate of drug-likeness (QED) is 0.129. The predicted molar refractivity (Wildman–Crippen MR) is 391 cm³/mol. The first-order valence-electron chi connectivity index (χ1n) is 27.9. The van der Waals surface area contributed by atoms with Crippen molar-refractivity contribution in [2.24, 2.45) is 0 Å². The zero-order valence-electron chi connectivity index (χ0n) is 45.3. The molecule has 0 amide bonds. The van der Waals surface area contributed by atoms with Gasteiger partial charge in [-0.2, -0.15) is 0 Å². The molecule has 4 aromatic heterocycles. The van der Waals surface area contributed by atoms with Gasteiger partial charge in [0.05, 0.1) is 18.8 Å². The summed E-state index contributed by atoms with van der Waals surface area (Å²) < 4.78 is 13.8. The number of hydrogen-bond acceptors (Lipinski definition) is 6. The second kappa shape index (κ2) is 23.0. The summed E-state index contributed by atoms with van der Waals surface area (Å²) in [5, 5.41) is 31.5. The highest BCUT2D eigenvalue weighted by Crippen LogP contribution is 2.48. The lowest BCUT2D eigenvalue weighted by Crippen LogP contribution is -2.29. The summed E-state index contributed by atoms with van der Waals surface area (Å²) in [4.78, 5) is 0. The molecular weight excluding hydrogens is 1340 g/mol. The molecule has 17 rings (SSSR count). The van der Waals surface area contributed by atoms with Crippen LogP contribution >= 0.6 is 90.5 Å². The Balaban J connectivity index is 0.000000134. The van der Waals surface area contributed by atoms with Crippen molar-refractivity contribution in [2.75, 3.05) is 0 Å². The van der Waals surface area contributed by atoms with Crippen molar-refractivity contribution in [3.05, 3.63) is 280 Å². The Labute approximate surface area is 535 Å². The average molecular weight is 1390 g/mol. The van der Waals surface area contributed by atoms with Gasteiger partial charge in [-0.1, -0.05) is 224 Å². The first-order chi connectivity index (χ1) is 41.7. The molecule has 0 aliphatic heterocycles. The van der Waals surface area contributed by atoms with Crippen LogP contribution in [0.3, 0.4) is 0 Å². The van der Waals surface area contributed by atoms with Gasteiger partial charge in [0.2, 0.25) is 0 Å². The molecule has 17 aromatic rings. The molecule has 0 saturated heterocycles. The normalized spacial score (nSPS) is 11.5. The van der Waals surface area contributed by atoms with Crippen LogP contribution < -0.4 is 5.46 Å². The monoisotopic (exact) mass is 1380 g/mol. The van der Waals surface area contributed by atoms with Crippen LogP contribution in [-0.2, 0) is 0 Å². The molecule has 0 saturated carbocycles. The summed E-state index contributed by atoms with van der Waals surface area (Å²) in [6, 6.07) is 97.6. The predicted octanol–water partition coefficient (Wildman–Crippen LogP) is 22.9. The SMILES string of the molecule is Ic1ccc2c(c1)sc1c3ccc(I)cc3sc21.OB(O)c1cccc(-c2cccc3ccccc23)c1.c1cc(-c2ccc3c(c2)sc2c4ccc(-c5cccc(-c6cccc7ccccc67)c5)cc4sc32)cc(-c2cccc3ccccc23)c1. The summed E-state index contributed by atoms with van der Waals surface area (Å²) in [5.74, 6) is 0. The van der Waals surface area contributed by atoms with E-state index in [-0.39, 0.29) is 0 Å². The number of rotatable bonds is 6. The highest BCUT2D eigenvalue weighted by Gasteiger charge is 2.17. The first-order valence-corrected chi connectivity index (χ1v) is 33.4. The molecule has 0 radical (unpaired) electrons. The summed E-state index contributed by atoms with van der Waals surface area (Å²) in [5.41, 5.74) is 12.7. The Morgan fingerprint density at radius 3 is 0.953 bits per heavy atom. The first kappa shape index (κ1) is 54.1. The van der Waals surface area contributed by atoms with E-state index in [4.69, 9.17) is 0 Å². The van der Waals surface area contributed by atoms with E-state index in [1.165, 1.54) is 138 Å². The zero-order chi connectivity index (χ0) is 57.1. The Kier molecular flexibility index (Phi) is 14.7. The molecule has 0 atom stereocenters. The van der Waals surface area contributed by atoms with E-state index in [1.54, 1.807) is 6.07 Å². The molecule has 404 valence electrons. The van der Waals surface area contributed by atoms with Crippen molar-refractivity contribution < 1.29 is 10.0 Å². The molecule has 0 spiro atoms. The van der Waals surface area contributed by atoms with E-state index in [2.05, 4.69) is 270 Å². The van der Waals surface area contributed by atoms with Gasteiger partial charge in [0.15, 0.2) is 0 Å². The molecule has 13 aromatic carbocycles. The number of hydrogen-bond donors (Lipinski definition) is 2. The van der Waals surface area contributed by atoms with Gasteiger partial charge in [0.25, 0.3) is 0 Å².